The lowest BCUT2D eigenvalue weighted by Gasteiger charge is -2.18. The normalized spacial score (nSPS) is 9.33. The summed E-state index contributed by atoms with van der Waals surface area (Å²) in [6.07, 6.45) is 0. The van der Waals surface area contributed by atoms with E-state index in [0.29, 0.717) is 5.69 Å². The number of nitriles is 3. The molecular weight excluding hydrogens is 262 g/mol. The highest BCUT2D eigenvalue weighted by Gasteiger charge is 2.06. The molecule has 0 aliphatic carbocycles. The molecule has 1 rings (SSSR count). The fourth-order valence-corrected chi connectivity index (χ4v) is 1.83. The molecule has 1 N–H and O–H groups in total. The quantitative estimate of drug-likeness (QED) is 0.809. The third-order valence-corrected chi connectivity index (χ3v) is 3.11. The average Bonchev–Trinajstić information content (AvgIpc) is 2.54. The molecule has 0 amide bonds. The Morgan fingerprint density at radius 1 is 1.00 bits per heavy atom. The van der Waals surface area contributed by atoms with Gasteiger partial charge in [-0.3, -0.25) is 4.90 Å². The number of rotatable bonds is 6. The molecule has 0 aromatic heterocycles. The summed E-state index contributed by atoms with van der Waals surface area (Å²) in [5.74, 6) is 0. The van der Waals surface area contributed by atoms with E-state index in [1.807, 2.05) is 30.3 Å². The van der Waals surface area contributed by atoms with E-state index in [0.717, 1.165) is 19.6 Å². The fourth-order valence-electron chi connectivity index (χ4n) is 1.83. The first kappa shape index (κ1) is 16.2. The highest BCUT2D eigenvalue weighted by atomic mass is 15.1. The summed E-state index contributed by atoms with van der Waals surface area (Å²) in [7, 11) is 0. The molecule has 0 saturated heterocycles. The van der Waals surface area contributed by atoms with E-state index in [2.05, 4.69) is 24.1 Å². The number of benzene rings is 1. The van der Waals surface area contributed by atoms with Gasteiger partial charge in [0.05, 0.1) is 0 Å². The largest absolute Gasteiger partial charge is 0.345 e. The molecule has 0 aliphatic heterocycles. The van der Waals surface area contributed by atoms with Gasteiger partial charge in [-0.15, -0.1) is 0 Å². The lowest BCUT2D eigenvalue weighted by atomic mass is 10.1. The number of hydrogen-bond acceptors (Lipinski definition) is 5. The maximum Gasteiger partial charge on any atom is 0.163 e. The Labute approximate surface area is 125 Å². The third-order valence-electron chi connectivity index (χ3n) is 3.11. The summed E-state index contributed by atoms with van der Waals surface area (Å²) in [4.78, 5) is 2.30. The van der Waals surface area contributed by atoms with Crippen molar-refractivity contribution in [2.75, 3.05) is 18.4 Å². The van der Waals surface area contributed by atoms with E-state index < -0.39 is 0 Å². The monoisotopic (exact) mass is 279 g/mol. The van der Waals surface area contributed by atoms with E-state index >= 15 is 0 Å². The summed E-state index contributed by atoms with van der Waals surface area (Å²) >= 11 is 0. The van der Waals surface area contributed by atoms with Crippen LogP contribution in [-0.4, -0.2) is 18.0 Å². The van der Waals surface area contributed by atoms with Crippen molar-refractivity contribution in [2.24, 2.45) is 0 Å². The number of anilines is 1. The zero-order chi connectivity index (χ0) is 15.7. The average molecular weight is 279 g/mol. The Hall–Kier alpha value is -2.81. The number of hydrogen-bond donors (Lipinski definition) is 1. The standard InChI is InChI=1S/C16H17N5/c1-3-21(4-2)12-13-5-7-15(8-6-13)20-16(11-19)14(9-17)10-18/h5-8,20H,3-4,12H2,1-2H3. The molecule has 5 nitrogen and oxygen atoms in total. The minimum absolute atomic E-state index is 0.0310. The van der Waals surface area contributed by atoms with Crippen LogP contribution in [0.1, 0.15) is 19.4 Å². The fraction of sp³-hybridized carbons (Fsp3) is 0.312. The second-order valence-electron chi connectivity index (χ2n) is 4.37. The summed E-state index contributed by atoms with van der Waals surface area (Å²) in [5.41, 5.74) is 1.60. The van der Waals surface area contributed by atoms with E-state index in [-0.39, 0.29) is 11.3 Å². The lowest BCUT2D eigenvalue weighted by molar-refractivity contribution is 0.296. The zero-order valence-corrected chi connectivity index (χ0v) is 12.2. The van der Waals surface area contributed by atoms with Crippen LogP contribution in [-0.2, 0) is 6.54 Å². The molecule has 0 atom stereocenters. The van der Waals surface area contributed by atoms with E-state index in [9.17, 15) is 0 Å². The van der Waals surface area contributed by atoms with Gasteiger partial charge < -0.3 is 5.32 Å². The van der Waals surface area contributed by atoms with Crippen molar-refractivity contribution in [2.45, 2.75) is 20.4 Å². The van der Waals surface area contributed by atoms with Crippen molar-refractivity contribution in [3.8, 4) is 18.2 Å². The highest BCUT2D eigenvalue weighted by Crippen LogP contribution is 2.14. The van der Waals surface area contributed by atoms with Gasteiger partial charge in [0.2, 0.25) is 0 Å². The van der Waals surface area contributed by atoms with Crippen molar-refractivity contribution in [3.63, 3.8) is 0 Å². The highest BCUT2D eigenvalue weighted by molar-refractivity contribution is 5.58. The molecule has 0 bridgehead atoms. The molecule has 5 heteroatoms. The van der Waals surface area contributed by atoms with Crippen LogP contribution >= 0.6 is 0 Å². The predicted molar refractivity (Wildman–Crippen MR) is 80.6 cm³/mol. The first-order valence-electron chi connectivity index (χ1n) is 6.71. The van der Waals surface area contributed by atoms with Gasteiger partial charge in [-0.05, 0) is 30.8 Å². The van der Waals surface area contributed by atoms with E-state index in [4.69, 9.17) is 15.8 Å². The van der Waals surface area contributed by atoms with Crippen LogP contribution < -0.4 is 5.32 Å². The van der Waals surface area contributed by atoms with Crippen LogP contribution in [0.5, 0.6) is 0 Å². The third kappa shape index (κ3) is 4.66. The Kier molecular flexibility index (Phi) is 6.48. The summed E-state index contributed by atoms with van der Waals surface area (Å²) in [6, 6.07) is 12.8. The Morgan fingerprint density at radius 3 is 2.00 bits per heavy atom. The van der Waals surface area contributed by atoms with E-state index in [1.165, 1.54) is 5.56 Å². The van der Waals surface area contributed by atoms with Gasteiger partial charge in [0.1, 0.15) is 23.9 Å². The molecule has 1 aromatic carbocycles. The Morgan fingerprint density at radius 2 is 1.57 bits per heavy atom. The minimum atomic E-state index is -0.218. The lowest BCUT2D eigenvalue weighted by Crippen LogP contribution is -2.21. The summed E-state index contributed by atoms with van der Waals surface area (Å²) in [6.45, 7) is 7.09. The predicted octanol–water partition coefficient (Wildman–Crippen LogP) is 2.77. The van der Waals surface area contributed by atoms with Crippen molar-refractivity contribution in [3.05, 3.63) is 41.1 Å². The van der Waals surface area contributed by atoms with Crippen LogP contribution in [0.3, 0.4) is 0 Å². The summed E-state index contributed by atoms with van der Waals surface area (Å²) < 4.78 is 0. The first-order valence-corrected chi connectivity index (χ1v) is 6.71. The molecular formula is C16H17N5. The van der Waals surface area contributed by atoms with Crippen LogP contribution in [0.2, 0.25) is 0 Å². The van der Waals surface area contributed by atoms with Crippen molar-refractivity contribution in [1.29, 1.82) is 15.8 Å². The molecule has 0 spiro atoms. The molecule has 0 fully saturated rings. The second kappa shape index (κ2) is 8.38. The van der Waals surface area contributed by atoms with Crippen LogP contribution in [0, 0.1) is 34.0 Å². The van der Waals surface area contributed by atoms with Crippen LogP contribution in [0.4, 0.5) is 5.69 Å². The maximum atomic E-state index is 8.98. The Balaban J connectivity index is 2.85. The number of nitrogens with one attached hydrogen (secondary N) is 1. The molecule has 0 heterocycles. The van der Waals surface area contributed by atoms with Crippen LogP contribution in [0.25, 0.3) is 0 Å². The van der Waals surface area contributed by atoms with Crippen LogP contribution in [0.15, 0.2) is 35.5 Å². The maximum absolute atomic E-state index is 8.98. The van der Waals surface area contributed by atoms with E-state index in [1.54, 1.807) is 12.1 Å². The topological polar surface area (TPSA) is 86.6 Å². The van der Waals surface area contributed by atoms with Gasteiger partial charge in [-0.1, -0.05) is 26.0 Å². The molecule has 0 unspecified atom stereocenters. The minimum Gasteiger partial charge on any atom is -0.345 e. The van der Waals surface area contributed by atoms with Gasteiger partial charge in [0.25, 0.3) is 0 Å². The smallest absolute Gasteiger partial charge is 0.163 e. The second-order valence-corrected chi connectivity index (χ2v) is 4.37. The molecule has 21 heavy (non-hydrogen) atoms. The molecule has 0 saturated carbocycles. The number of allylic oxidation sites excluding steroid dienone is 2. The van der Waals surface area contributed by atoms with Crippen molar-refractivity contribution >= 4 is 5.69 Å². The van der Waals surface area contributed by atoms with Crippen molar-refractivity contribution in [1.82, 2.24) is 4.90 Å². The van der Waals surface area contributed by atoms with Crippen molar-refractivity contribution < 1.29 is 0 Å². The molecule has 106 valence electrons. The van der Waals surface area contributed by atoms with Gasteiger partial charge in [0, 0.05) is 12.2 Å². The SMILES string of the molecule is CCN(CC)Cc1ccc(NC(C#N)=C(C#N)C#N)cc1. The zero-order valence-electron chi connectivity index (χ0n) is 12.2. The van der Waals surface area contributed by atoms with Gasteiger partial charge in [0.15, 0.2) is 5.57 Å². The van der Waals surface area contributed by atoms with Gasteiger partial charge in [-0.2, -0.15) is 15.8 Å². The number of nitrogens with zero attached hydrogens (tertiary/aromatic N) is 4. The molecule has 1 aromatic rings. The molecule has 0 radical (unpaired) electrons. The van der Waals surface area contributed by atoms with Gasteiger partial charge in [-0.25, -0.2) is 0 Å². The van der Waals surface area contributed by atoms with Gasteiger partial charge >= 0.3 is 0 Å². The molecule has 0 aliphatic rings. The summed E-state index contributed by atoms with van der Waals surface area (Å²) in [5, 5.41) is 29.3. The Bertz CT molecular complexity index is 603. The first-order chi connectivity index (χ1) is 10.2.